The molecule has 0 unspecified atom stereocenters. The minimum atomic E-state index is 0.110. The van der Waals surface area contributed by atoms with Crippen molar-refractivity contribution in [2.45, 2.75) is 12.8 Å². The first-order chi connectivity index (χ1) is 8.79. The van der Waals surface area contributed by atoms with Crippen molar-refractivity contribution in [1.82, 2.24) is 0 Å². The smallest absolute Gasteiger partial charge is 0.208 e. The van der Waals surface area contributed by atoms with Gasteiger partial charge in [-0.3, -0.25) is 9.59 Å². The van der Waals surface area contributed by atoms with E-state index in [0.29, 0.717) is 0 Å². The van der Waals surface area contributed by atoms with Gasteiger partial charge in [0.2, 0.25) is 11.6 Å². The number of hydrogen-bond donors (Lipinski definition) is 0. The van der Waals surface area contributed by atoms with Crippen LogP contribution in [0.4, 0.5) is 0 Å². The van der Waals surface area contributed by atoms with Gasteiger partial charge in [-0.25, -0.2) is 0 Å². The molecule has 0 saturated carbocycles. The largest absolute Gasteiger partial charge is 0.287 e. The molecular formula is C12H12O2S4. The van der Waals surface area contributed by atoms with Crippen molar-refractivity contribution in [2.75, 3.05) is 23.0 Å². The van der Waals surface area contributed by atoms with E-state index in [1.807, 2.05) is 0 Å². The van der Waals surface area contributed by atoms with Crippen LogP contribution in [0.2, 0.25) is 0 Å². The van der Waals surface area contributed by atoms with Gasteiger partial charge in [-0.2, -0.15) is 0 Å². The summed E-state index contributed by atoms with van der Waals surface area (Å²) >= 11 is 6.30. The van der Waals surface area contributed by atoms with Gasteiger partial charge < -0.3 is 0 Å². The number of ketones is 2. The fourth-order valence-electron chi connectivity index (χ4n) is 1.96. The second-order valence-corrected chi connectivity index (χ2v) is 8.50. The Hall–Kier alpha value is 0.220. The number of carbonyl (C=O) groups excluding carboxylic acids is 2. The summed E-state index contributed by atoms with van der Waals surface area (Å²) in [5.41, 5.74) is 0. The highest BCUT2D eigenvalue weighted by Crippen LogP contribution is 2.46. The Labute approximate surface area is 123 Å². The zero-order chi connectivity index (χ0) is 12.5. The minimum Gasteiger partial charge on any atom is -0.287 e. The quantitative estimate of drug-likeness (QED) is 0.638. The monoisotopic (exact) mass is 316 g/mol. The maximum absolute atomic E-state index is 12.5. The van der Waals surface area contributed by atoms with Crippen LogP contribution in [-0.2, 0) is 9.59 Å². The third-order valence-corrected chi connectivity index (χ3v) is 7.74. The predicted octanol–water partition coefficient (Wildman–Crippen LogP) is 3.30. The van der Waals surface area contributed by atoms with Crippen molar-refractivity contribution in [2.24, 2.45) is 0 Å². The molecule has 0 N–H and O–H groups in total. The number of hydrogen-bond acceptors (Lipinski definition) is 6. The van der Waals surface area contributed by atoms with Crippen molar-refractivity contribution in [3.63, 3.8) is 0 Å². The van der Waals surface area contributed by atoms with E-state index in [1.165, 1.54) is 0 Å². The van der Waals surface area contributed by atoms with Gasteiger partial charge in [0, 0.05) is 0 Å². The lowest BCUT2D eigenvalue weighted by atomic mass is 10.1. The van der Waals surface area contributed by atoms with Gasteiger partial charge in [0.25, 0.3) is 0 Å². The van der Waals surface area contributed by atoms with Crippen molar-refractivity contribution in [1.29, 1.82) is 0 Å². The van der Waals surface area contributed by atoms with Gasteiger partial charge >= 0.3 is 0 Å². The van der Waals surface area contributed by atoms with Crippen LogP contribution in [0, 0.1) is 0 Å². The summed E-state index contributed by atoms with van der Waals surface area (Å²) in [4.78, 5) is 27.9. The molecule has 2 heterocycles. The standard InChI is InChI=1S/C12H12O2S4/c13-7-9-10(16-4-1-3-15-9)8(14)12-11(7)17-5-2-6-18-12/h1-6H2. The average molecular weight is 316 g/mol. The van der Waals surface area contributed by atoms with E-state index >= 15 is 0 Å². The van der Waals surface area contributed by atoms with E-state index in [0.717, 1.165) is 55.5 Å². The number of rotatable bonds is 0. The van der Waals surface area contributed by atoms with E-state index in [4.69, 9.17) is 0 Å². The summed E-state index contributed by atoms with van der Waals surface area (Å²) in [7, 11) is 0. The maximum Gasteiger partial charge on any atom is 0.208 e. The Bertz CT molecular complexity index is 398. The lowest BCUT2D eigenvalue weighted by Gasteiger charge is -2.19. The summed E-state index contributed by atoms with van der Waals surface area (Å²) in [5, 5.41) is 0. The van der Waals surface area contributed by atoms with E-state index in [9.17, 15) is 9.59 Å². The molecule has 2 nitrogen and oxygen atoms in total. The molecular weight excluding hydrogens is 304 g/mol. The molecule has 6 heteroatoms. The Kier molecular flexibility index (Phi) is 4.18. The fourth-order valence-corrected chi connectivity index (χ4v) is 6.96. The third-order valence-electron chi connectivity index (χ3n) is 2.80. The summed E-state index contributed by atoms with van der Waals surface area (Å²) in [6.07, 6.45) is 2.13. The molecule has 1 aliphatic carbocycles. The summed E-state index contributed by atoms with van der Waals surface area (Å²) in [6.45, 7) is 0. The number of thioether (sulfide) groups is 4. The Morgan fingerprint density at radius 3 is 1.11 bits per heavy atom. The average Bonchev–Trinajstić information content (AvgIpc) is 2.76. The van der Waals surface area contributed by atoms with Gasteiger partial charge in [-0.05, 0) is 35.9 Å². The highest BCUT2D eigenvalue weighted by atomic mass is 32.2. The first kappa shape index (κ1) is 13.2. The number of allylic oxidation sites excluding steroid dienone is 4. The Morgan fingerprint density at radius 1 is 0.556 bits per heavy atom. The van der Waals surface area contributed by atoms with Gasteiger partial charge in [-0.15, -0.1) is 47.0 Å². The van der Waals surface area contributed by atoms with E-state index < -0.39 is 0 Å². The molecule has 0 spiro atoms. The molecule has 0 atom stereocenters. The van der Waals surface area contributed by atoms with Crippen molar-refractivity contribution >= 4 is 58.6 Å². The second kappa shape index (κ2) is 5.69. The number of Topliss-reactive ketones (excluding diaryl/α,β-unsaturated/α-hetero) is 2. The molecule has 2 aliphatic heterocycles. The fraction of sp³-hybridized carbons (Fsp3) is 0.500. The molecule has 0 saturated heterocycles. The molecule has 0 aromatic heterocycles. The van der Waals surface area contributed by atoms with Crippen LogP contribution in [0.15, 0.2) is 19.6 Å². The molecule has 3 aliphatic rings. The van der Waals surface area contributed by atoms with E-state index in [2.05, 4.69) is 0 Å². The van der Waals surface area contributed by atoms with Crippen molar-refractivity contribution in [3.8, 4) is 0 Å². The molecule has 0 fully saturated rings. The van der Waals surface area contributed by atoms with Gasteiger partial charge in [0.15, 0.2) is 0 Å². The normalized spacial score (nSPS) is 25.6. The van der Waals surface area contributed by atoms with Crippen LogP contribution in [-0.4, -0.2) is 34.6 Å². The molecule has 96 valence electrons. The third kappa shape index (κ3) is 2.32. The van der Waals surface area contributed by atoms with Crippen LogP contribution >= 0.6 is 47.0 Å². The summed E-state index contributed by atoms with van der Waals surface area (Å²) < 4.78 is 0. The lowest BCUT2D eigenvalue weighted by molar-refractivity contribution is -0.114. The lowest BCUT2D eigenvalue weighted by Crippen LogP contribution is -2.18. The van der Waals surface area contributed by atoms with E-state index in [1.54, 1.807) is 47.0 Å². The molecule has 18 heavy (non-hydrogen) atoms. The summed E-state index contributed by atoms with van der Waals surface area (Å²) in [5.74, 6) is 4.02. The second-order valence-electron chi connectivity index (χ2n) is 4.08. The van der Waals surface area contributed by atoms with Gasteiger partial charge in [0.05, 0.1) is 19.6 Å². The van der Waals surface area contributed by atoms with Gasteiger partial charge in [0.1, 0.15) is 0 Å². The minimum absolute atomic E-state index is 0.110. The molecule has 0 amide bonds. The maximum atomic E-state index is 12.5. The highest BCUT2D eigenvalue weighted by Gasteiger charge is 2.36. The van der Waals surface area contributed by atoms with Crippen LogP contribution in [0.5, 0.6) is 0 Å². The molecule has 0 radical (unpaired) electrons. The zero-order valence-electron chi connectivity index (χ0n) is 9.69. The van der Waals surface area contributed by atoms with Crippen LogP contribution in [0.25, 0.3) is 0 Å². The molecule has 3 rings (SSSR count). The zero-order valence-corrected chi connectivity index (χ0v) is 13.0. The van der Waals surface area contributed by atoms with Crippen LogP contribution in [0.1, 0.15) is 12.8 Å². The Morgan fingerprint density at radius 2 is 0.833 bits per heavy atom. The Balaban J connectivity index is 2.02. The van der Waals surface area contributed by atoms with E-state index in [-0.39, 0.29) is 11.6 Å². The first-order valence-electron chi connectivity index (χ1n) is 5.88. The van der Waals surface area contributed by atoms with Crippen molar-refractivity contribution in [3.05, 3.63) is 19.6 Å². The van der Waals surface area contributed by atoms with Crippen LogP contribution in [0.3, 0.4) is 0 Å². The molecule has 0 aromatic rings. The predicted molar refractivity (Wildman–Crippen MR) is 83.1 cm³/mol. The topological polar surface area (TPSA) is 34.1 Å². The number of carbonyl (C=O) groups is 2. The highest BCUT2D eigenvalue weighted by molar-refractivity contribution is 8.11. The molecule has 0 bridgehead atoms. The van der Waals surface area contributed by atoms with Crippen molar-refractivity contribution < 1.29 is 9.59 Å². The first-order valence-corrected chi connectivity index (χ1v) is 9.82. The summed E-state index contributed by atoms with van der Waals surface area (Å²) in [6, 6.07) is 0. The molecule has 0 aromatic carbocycles. The van der Waals surface area contributed by atoms with Gasteiger partial charge in [-0.1, -0.05) is 0 Å². The SMILES string of the molecule is O=C1C2=C(SCCCS2)C(=O)C2=C1SCCCS2. The van der Waals surface area contributed by atoms with Crippen LogP contribution < -0.4 is 0 Å².